The standard InChI is InChI=1S/C31H39NO8/c1-6-20-8-9-24(34)26(13-17(2)3)38-30(37)18(4)7-10-27(36)32-23-15-21(33)14-22-28-19(5)25(35)16-31(39-28,12-11-20)40-29(22)23/h7-9,13-15,19-20,24,26,28,33-34H,6,10-12,16H2,1-5H3,(H,32,36). The first-order chi connectivity index (χ1) is 18.9. The zero-order valence-electron chi connectivity index (χ0n) is 23.7. The lowest BCUT2D eigenvalue weighted by molar-refractivity contribution is -0.261. The van der Waals surface area contributed by atoms with E-state index >= 15 is 0 Å². The molecule has 216 valence electrons. The Hall–Kier alpha value is -3.43. The van der Waals surface area contributed by atoms with Gasteiger partial charge in [-0.3, -0.25) is 9.59 Å². The SMILES string of the molecule is CCC1C=CC(O)C(C=C(C)C)OC(=O)C(C)=CCC(=O)Nc2cc(O)cc3c2OC2(CC1)CC(=O)C(C)C3O2. The maximum Gasteiger partial charge on any atom is 0.334 e. The molecule has 0 saturated carbocycles. The van der Waals surface area contributed by atoms with Crippen LogP contribution in [0.1, 0.15) is 78.4 Å². The Morgan fingerprint density at radius 2 is 1.95 bits per heavy atom. The van der Waals surface area contributed by atoms with Crippen molar-refractivity contribution in [3.63, 3.8) is 0 Å². The number of hydrogen-bond acceptors (Lipinski definition) is 8. The van der Waals surface area contributed by atoms with E-state index in [9.17, 15) is 24.6 Å². The predicted octanol–water partition coefficient (Wildman–Crippen LogP) is 5.04. The number of rotatable bonds is 2. The van der Waals surface area contributed by atoms with Crippen molar-refractivity contribution in [1.29, 1.82) is 0 Å². The average Bonchev–Trinajstić information content (AvgIpc) is 2.89. The van der Waals surface area contributed by atoms with Gasteiger partial charge in [0.2, 0.25) is 11.7 Å². The van der Waals surface area contributed by atoms with Gasteiger partial charge in [-0.15, -0.1) is 0 Å². The summed E-state index contributed by atoms with van der Waals surface area (Å²) < 4.78 is 18.4. The quantitative estimate of drug-likeness (QED) is 0.343. The predicted molar refractivity (Wildman–Crippen MR) is 149 cm³/mol. The summed E-state index contributed by atoms with van der Waals surface area (Å²) in [5.74, 6) is -2.46. The molecule has 0 aromatic heterocycles. The Bertz CT molecular complexity index is 1260. The summed E-state index contributed by atoms with van der Waals surface area (Å²) in [7, 11) is 0. The second-order valence-corrected chi connectivity index (χ2v) is 11.2. The van der Waals surface area contributed by atoms with Gasteiger partial charge in [0.05, 0.1) is 12.1 Å². The molecule has 3 bridgehead atoms. The van der Waals surface area contributed by atoms with Gasteiger partial charge >= 0.3 is 5.97 Å². The number of ketones is 1. The number of cyclic esters (lactones) is 1. The van der Waals surface area contributed by atoms with Gasteiger partial charge in [0, 0.05) is 36.0 Å². The highest BCUT2D eigenvalue weighted by Crippen LogP contribution is 2.53. The van der Waals surface area contributed by atoms with Gasteiger partial charge in [-0.25, -0.2) is 4.79 Å². The van der Waals surface area contributed by atoms with Gasteiger partial charge in [-0.1, -0.05) is 37.6 Å². The van der Waals surface area contributed by atoms with Crippen LogP contribution in [0.2, 0.25) is 0 Å². The van der Waals surface area contributed by atoms with E-state index in [0.29, 0.717) is 24.2 Å². The van der Waals surface area contributed by atoms with Crippen LogP contribution in [0, 0.1) is 11.8 Å². The molecule has 3 heterocycles. The number of carbonyl (C=O) groups excluding carboxylic acids is 3. The minimum atomic E-state index is -1.22. The van der Waals surface area contributed by atoms with Crippen molar-refractivity contribution in [3.05, 3.63) is 53.1 Å². The molecule has 0 radical (unpaired) electrons. The number of aromatic hydroxyl groups is 1. The minimum absolute atomic E-state index is 0.00368. The fourth-order valence-corrected chi connectivity index (χ4v) is 5.30. The second-order valence-electron chi connectivity index (χ2n) is 11.2. The van der Waals surface area contributed by atoms with Crippen LogP contribution in [0.25, 0.3) is 0 Å². The first-order valence-electron chi connectivity index (χ1n) is 13.9. The third-order valence-electron chi connectivity index (χ3n) is 7.71. The second kappa shape index (κ2) is 12.0. The molecule has 3 aliphatic rings. The smallest absolute Gasteiger partial charge is 0.334 e. The van der Waals surface area contributed by atoms with E-state index in [1.54, 1.807) is 26.0 Å². The fraction of sp³-hybridized carbons (Fsp3) is 0.516. The van der Waals surface area contributed by atoms with Crippen LogP contribution in [-0.4, -0.2) is 45.9 Å². The molecule has 1 spiro atoms. The minimum Gasteiger partial charge on any atom is -0.508 e. The Morgan fingerprint density at radius 3 is 2.65 bits per heavy atom. The van der Waals surface area contributed by atoms with E-state index in [1.165, 1.54) is 18.2 Å². The summed E-state index contributed by atoms with van der Waals surface area (Å²) in [5, 5.41) is 24.1. The molecular formula is C31H39NO8. The maximum absolute atomic E-state index is 13.1. The molecule has 0 aliphatic carbocycles. The molecule has 3 aliphatic heterocycles. The average molecular weight is 554 g/mol. The van der Waals surface area contributed by atoms with Gasteiger partial charge in [-0.2, -0.15) is 0 Å². The molecule has 1 fully saturated rings. The zero-order valence-corrected chi connectivity index (χ0v) is 23.7. The van der Waals surface area contributed by atoms with Crippen molar-refractivity contribution in [1.82, 2.24) is 0 Å². The lowest BCUT2D eigenvalue weighted by Crippen LogP contribution is -2.52. The van der Waals surface area contributed by atoms with Gasteiger partial charge < -0.3 is 29.7 Å². The number of aliphatic hydroxyl groups is 1. The number of amides is 1. The third kappa shape index (κ3) is 6.47. The number of Topliss-reactive ketones (excluding diaryl/α,β-unsaturated/α-hetero) is 1. The highest BCUT2D eigenvalue weighted by atomic mass is 16.7. The molecule has 6 atom stereocenters. The zero-order chi connectivity index (χ0) is 29.2. The summed E-state index contributed by atoms with van der Waals surface area (Å²) in [6, 6.07) is 2.91. The van der Waals surface area contributed by atoms with E-state index in [-0.39, 0.29) is 41.6 Å². The van der Waals surface area contributed by atoms with Crippen LogP contribution >= 0.6 is 0 Å². The fourth-order valence-electron chi connectivity index (χ4n) is 5.30. The van der Waals surface area contributed by atoms with Crippen LogP contribution in [0.5, 0.6) is 11.5 Å². The maximum atomic E-state index is 13.1. The number of allylic oxidation sites excluding steroid dienone is 2. The first kappa shape index (κ1) is 29.6. The monoisotopic (exact) mass is 553 g/mol. The highest BCUT2D eigenvalue weighted by Gasteiger charge is 2.52. The first-order valence-corrected chi connectivity index (χ1v) is 13.9. The van der Waals surface area contributed by atoms with E-state index in [2.05, 4.69) is 5.32 Å². The Morgan fingerprint density at radius 1 is 1.20 bits per heavy atom. The lowest BCUT2D eigenvalue weighted by atomic mass is 9.82. The molecule has 40 heavy (non-hydrogen) atoms. The summed E-state index contributed by atoms with van der Waals surface area (Å²) >= 11 is 0. The number of phenols is 1. The van der Waals surface area contributed by atoms with Crippen LogP contribution in [0.15, 0.2) is 47.6 Å². The molecule has 1 aromatic carbocycles. The molecule has 6 unspecified atom stereocenters. The summed E-state index contributed by atoms with van der Waals surface area (Å²) in [6.45, 7) is 9.06. The Labute approximate surface area is 234 Å². The van der Waals surface area contributed by atoms with E-state index in [1.807, 2.05) is 26.8 Å². The lowest BCUT2D eigenvalue weighted by Gasteiger charge is -2.48. The Balaban J connectivity index is 1.76. The molecule has 9 nitrogen and oxygen atoms in total. The van der Waals surface area contributed by atoms with Crippen molar-refractivity contribution in [2.45, 2.75) is 90.8 Å². The van der Waals surface area contributed by atoms with E-state index < -0.39 is 41.9 Å². The molecule has 1 amide bonds. The molecular weight excluding hydrogens is 514 g/mol. The molecule has 1 aromatic rings. The van der Waals surface area contributed by atoms with Crippen molar-refractivity contribution >= 4 is 23.3 Å². The number of hydrogen-bond donors (Lipinski definition) is 3. The van der Waals surface area contributed by atoms with Crippen molar-refractivity contribution in [2.24, 2.45) is 11.8 Å². The normalized spacial score (nSPS) is 31.1. The number of esters is 1. The van der Waals surface area contributed by atoms with Crippen molar-refractivity contribution in [3.8, 4) is 11.5 Å². The third-order valence-corrected chi connectivity index (χ3v) is 7.71. The van der Waals surface area contributed by atoms with Gasteiger partial charge in [0.25, 0.3) is 0 Å². The molecule has 1 saturated heterocycles. The number of benzene rings is 1. The van der Waals surface area contributed by atoms with Crippen molar-refractivity contribution < 1.29 is 38.8 Å². The number of aliphatic hydroxyl groups excluding tert-OH is 1. The summed E-state index contributed by atoms with van der Waals surface area (Å²) in [6.07, 6.45) is 5.71. The molecule has 3 N–H and O–H groups in total. The molecule has 9 heteroatoms. The van der Waals surface area contributed by atoms with Crippen molar-refractivity contribution in [2.75, 3.05) is 5.32 Å². The van der Waals surface area contributed by atoms with Crippen LogP contribution in [-0.2, 0) is 23.9 Å². The number of fused-ring (bicyclic) bond motifs is 2. The number of carbonyl (C=O) groups is 3. The van der Waals surface area contributed by atoms with E-state index in [4.69, 9.17) is 14.2 Å². The van der Waals surface area contributed by atoms with Gasteiger partial charge in [0.15, 0.2) is 5.75 Å². The highest BCUT2D eigenvalue weighted by molar-refractivity contribution is 5.96. The summed E-state index contributed by atoms with van der Waals surface area (Å²) in [5.41, 5.74) is 1.86. The number of ether oxygens (including phenoxy) is 3. The Kier molecular flexibility index (Phi) is 8.85. The molecule has 4 rings (SSSR count). The number of nitrogens with one attached hydrogen (secondary N) is 1. The topological polar surface area (TPSA) is 131 Å². The number of phenolic OH excluding ortho intramolecular Hbond substituents is 1. The van der Waals surface area contributed by atoms with Crippen LogP contribution in [0.3, 0.4) is 0 Å². The largest absolute Gasteiger partial charge is 0.508 e. The van der Waals surface area contributed by atoms with Crippen LogP contribution < -0.4 is 10.1 Å². The van der Waals surface area contributed by atoms with Crippen LogP contribution in [0.4, 0.5) is 5.69 Å². The number of anilines is 1. The summed E-state index contributed by atoms with van der Waals surface area (Å²) in [4.78, 5) is 38.8. The van der Waals surface area contributed by atoms with Gasteiger partial charge in [-0.05, 0) is 51.7 Å². The van der Waals surface area contributed by atoms with Gasteiger partial charge in [0.1, 0.15) is 29.8 Å². The van der Waals surface area contributed by atoms with E-state index in [0.717, 1.165) is 12.0 Å².